The molecule has 1 fully saturated rings. The summed E-state index contributed by atoms with van der Waals surface area (Å²) in [6.45, 7) is 1.54. The van der Waals surface area contributed by atoms with Gasteiger partial charge in [-0.2, -0.15) is 0 Å². The lowest BCUT2D eigenvalue weighted by atomic mass is 9.76. The van der Waals surface area contributed by atoms with Crippen molar-refractivity contribution in [2.75, 3.05) is 0 Å². The Morgan fingerprint density at radius 3 is 2.00 bits per heavy atom. The van der Waals surface area contributed by atoms with E-state index in [9.17, 15) is 26.3 Å². The fourth-order valence-electron chi connectivity index (χ4n) is 4.75. The van der Waals surface area contributed by atoms with Crippen LogP contribution in [0.4, 0.5) is 26.3 Å². The van der Waals surface area contributed by atoms with E-state index in [-0.39, 0.29) is 17.0 Å². The first-order chi connectivity index (χ1) is 15.7. The van der Waals surface area contributed by atoms with Crippen molar-refractivity contribution in [3.8, 4) is 11.1 Å². The summed E-state index contributed by atoms with van der Waals surface area (Å²) >= 11 is 0. The van der Waals surface area contributed by atoms with E-state index in [1.807, 2.05) is 0 Å². The van der Waals surface area contributed by atoms with Gasteiger partial charge < -0.3 is 0 Å². The third-order valence-corrected chi connectivity index (χ3v) is 6.78. The van der Waals surface area contributed by atoms with Gasteiger partial charge in [-0.15, -0.1) is 0 Å². The standard InChI is InChI=1S/C27H24F6/c1-15-2-6-18(26(32)25(15)31)9-5-16-3-7-17(8-4-16)19-10-11-21(22(28)12-19)20-13-23(29)27(33)24(30)14-20/h2,6,10-14,16-17H,3-5,7-9H2,1H3. The smallest absolute Gasteiger partial charge is 0.194 e. The summed E-state index contributed by atoms with van der Waals surface area (Å²) in [6, 6.07) is 9.39. The maximum Gasteiger partial charge on any atom is 0.194 e. The van der Waals surface area contributed by atoms with Crippen LogP contribution in [0.3, 0.4) is 0 Å². The van der Waals surface area contributed by atoms with Gasteiger partial charge in [0.2, 0.25) is 0 Å². The zero-order valence-corrected chi connectivity index (χ0v) is 18.2. The normalized spacial score (nSPS) is 18.5. The van der Waals surface area contributed by atoms with Crippen LogP contribution in [0.5, 0.6) is 0 Å². The number of hydrogen-bond acceptors (Lipinski definition) is 0. The number of aryl methyl sites for hydroxylation is 2. The van der Waals surface area contributed by atoms with E-state index in [1.54, 1.807) is 18.2 Å². The Morgan fingerprint density at radius 2 is 1.36 bits per heavy atom. The predicted octanol–water partition coefficient (Wildman–Crippen LogP) is 8.40. The average molecular weight is 462 g/mol. The Balaban J connectivity index is 1.38. The van der Waals surface area contributed by atoms with Crippen LogP contribution in [0, 0.1) is 47.7 Å². The molecule has 0 saturated heterocycles. The second-order valence-corrected chi connectivity index (χ2v) is 8.92. The minimum atomic E-state index is -1.58. The second-order valence-electron chi connectivity index (χ2n) is 8.92. The number of benzene rings is 3. The SMILES string of the molecule is Cc1ccc(CCC2CCC(c3ccc(-c4cc(F)c(F)c(F)c4)c(F)c3)CC2)c(F)c1F. The van der Waals surface area contributed by atoms with E-state index in [1.165, 1.54) is 19.1 Å². The van der Waals surface area contributed by atoms with Crippen LogP contribution in [0.25, 0.3) is 11.1 Å². The van der Waals surface area contributed by atoms with Crippen molar-refractivity contribution in [2.24, 2.45) is 5.92 Å². The molecule has 0 spiro atoms. The number of halogens is 6. The van der Waals surface area contributed by atoms with Crippen molar-refractivity contribution in [1.82, 2.24) is 0 Å². The van der Waals surface area contributed by atoms with Crippen molar-refractivity contribution in [2.45, 2.75) is 51.4 Å². The van der Waals surface area contributed by atoms with Crippen LogP contribution in [-0.4, -0.2) is 0 Å². The maximum absolute atomic E-state index is 14.7. The van der Waals surface area contributed by atoms with Gasteiger partial charge >= 0.3 is 0 Å². The number of hydrogen-bond donors (Lipinski definition) is 0. The van der Waals surface area contributed by atoms with Crippen molar-refractivity contribution < 1.29 is 26.3 Å². The molecule has 1 aliphatic carbocycles. The highest BCUT2D eigenvalue weighted by Crippen LogP contribution is 2.39. The molecule has 174 valence electrons. The molecule has 0 aromatic heterocycles. The van der Waals surface area contributed by atoms with E-state index in [0.717, 1.165) is 49.8 Å². The summed E-state index contributed by atoms with van der Waals surface area (Å²) in [7, 11) is 0. The summed E-state index contributed by atoms with van der Waals surface area (Å²) in [5, 5.41) is 0. The minimum absolute atomic E-state index is 0.0117. The first-order valence-corrected chi connectivity index (χ1v) is 11.1. The van der Waals surface area contributed by atoms with E-state index in [0.29, 0.717) is 23.5 Å². The molecule has 0 nitrogen and oxygen atoms in total. The Labute approximate surface area is 189 Å². The monoisotopic (exact) mass is 462 g/mol. The molecule has 0 radical (unpaired) electrons. The van der Waals surface area contributed by atoms with Gasteiger partial charge in [-0.1, -0.05) is 24.3 Å². The van der Waals surface area contributed by atoms with Crippen LogP contribution < -0.4 is 0 Å². The molecule has 3 aromatic carbocycles. The third kappa shape index (κ3) is 4.94. The zero-order chi connectivity index (χ0) is 23.7. The molecule has 1 saturated carbocycles. The van der Waals surface area contributed by atoms with Crippen LogP contribution in [0.2, 0.25) is 0 Å². The van der Waals surface area contributed by atoms with Crippen LogP contribution in [-0.2, 0) is 6.42 Å². The molecule has 0 aliphatic heterocycles. The van der Waals surface area contributed by atoms with Crippen molar-refractivity contribution in [3.63, 3.8) is 0 Å². The molecular formula is C27H24F6. The number of rotatable bonds is 5. The lowest BCUT2D eigenvalue weighted by Gasteiger charge is -2.29. The average Bonchev–Trinajstić information content (AvgIpc) is 2.80. The fourth-order valence-corrected chi connectivity index (χ4v) is 4.75. The molecule has 3 aromatic rings. The van der Waals surface area contributed by atoms with Gasteiger partial charge in [-0.3, -0.25) is 0 Å². The molecule has 0 N–H and O–H groups in total. The molecule has 4 rings (SSSR count). The third-order valence-electron chi connectivity index (χ3n) is 6.78. The first kappa shape index (κ1) is 23.4. The van der Waals surface area contributed by atoms with Gasteiger partial charge in [0.15, 0.2) is 29.1 Å². The Morgan fingerprint density at radius 1 is 0.697 bits per heavy atom. The van der Waals surface area contributed by atoms with Gasteiger partial charge in [-0.05, 0) is 97.7 Å². The zero-order valence-electron chi connectivity index (χ0n) is 18.2. The van der Waals surface area contributed by atoms with E-state index < -0.39 is 34.9 Å². The molecule has 0 heterocycles. The van der Waals surface area contributed by atoms with Gasteiger partial charge in [0, 0.05) is 5.56 Å². The molecule has 0 atom stereocenters. The Bertz CT molecular complexity index is 1140. The van der Waals surface area contributed by atoms with E-state index in [2.05, 4.69) is 0 Å². The maximum atomic E-state index is 14.7. The lowest BCUT2D eigenvalue weighted by molar-refractivity contribution is 0.309. The molecule has 0 bridgehead atoms. The van der Waals surface area contributed by atoms with Crippen LogP contribution in [0.1, 0.15) is 54.7 Å². The molecular weight excluding hydrogens is 438 g/mol. The van der Waals surface area contributed by atoms with Crippen LogP contribution in [0.15, 0.2) is 42.5 Å². The molecule has 1 aliphatic rings. The predicted molar refractivity (Wildman–Crippen MR) is 116 cm³/mol. The highest BCUT2D eigenvalue weighted by molar-refractivity contribution is 5.65. The lowest BCUT2D eigenvalue weighted by Crippen LogP contribution is -2.14. The molecule has 0 unspecified atom stereocenters. The first-order valence-electron chi connectivity index (χ1n) is 11.1. The summed E-state index contributed by atoms with van der Waals surface area (Å²) in [5.41, 5.74) is 1.46. The summed E-state index contributed by atoms with van der Waals surface area (Å²) in [6.07, 6.45) is 4.73. The molecule has 6 heteroatoms. The largest absolute Gasteiger partial charge is 0.206 e. The van der Waals surface area contributed by atoms with Gasteiger partial charge in [0.05, 0.1) is 0 Å². The van der Waals surface area contributed by atoms with E-state index >= 15 is 0 Å². The van der Waals surface area contributed by atoms with Gasteiger partial charge in [0.1, 0.15) is 5.82 Å². The van der Waals surface area contributed by atoms with Crippen molar-refractivity contribution in [3.05, 3.63) is 94.1 Å². The van der Waals surface area contributed by atoms with Gasteiger partial charge in [-0.25, -0.2) is 26.3 Å². The highest BCUT2D eigenvalue weighted by Gasteiger charge is 2.24. The van der Waals surface area contributed by atoms with Crippen molar-refractivity contribution >= 4 is 0 Å². The second kappa shape index (κ2) is 9.62. The van der Waals surface area contributed by atoms with Crippen LogP contribution >= 0.6 is 0 Å². The quantitative estimate of drug-likeness (QED) is 0.264. The Kier molecular flexibility index (Phi) is 6.82. The molecule has 0 amide bonds. The van der Waals surface area contributed by atoms with E-state index in [4.69, 9.17) is 0 Å². The van der Waals surface area contributed by atoms with Crippen molar-refractivity contribution in [1.29, 1.82) is 0 Å². The molecule has 33 heavy (non-hydrogen) atoms. The summed E-state index contributed by atoms with van der Waals surface area (Å²) in [4.78, 5) is 0. The fraction of sp³-hybridized carbons (Fsp3) is 0.333. The summed E-state index contributed by atoms with van der Waals surface area (Å²) in [5.74, 6) is -5.92. The summed E-state index contributed by atoms with van der Waals surface area (Å²) < 4.78 is 82.8. The topological polar surface area (TPSA) is 0 Å². The van der Waals surface area contributed by atoms with Gasteiger partial charge in [0.25, 0.3) is 0 Å². The highest BCUT2D eigenvalue weighted by atomic mass is 19.2. The Hall–Kier alpha value is -2.76. The minimum Gasteiger partial charge on any atom is -0.206 e.